The van der Waals surface area contributed by atoms with E-state index in [0.29, 0.717) is 0 Å². The van der Waals surface area contributed by atoms with E-state index in [4.69, 9.17) is 0 Å². The molecule has 0 unspecified atom stereocenters. The third kappa shape index (κ3) is 4.15. The Hall–Kier alpha value is -2.67. The average Bonchev–Trinajstić information content (AvgIpc) is 2.44. The van der Waals surface area contributed by atoms with Crippen molar-refractivity contribution in [2.24, 2.45) is 0 Å². The lowest BCUT2D eigenvalue weighted by Crippen LogP contribution is -2.33. The van der Waals surface area contributed by atoms with Gasteiger partial charge in [0.2, 0.25) is 5.91 Å². The summed E-state index contributed by atoms with van der Waals surface area (Å²) in [6.45, 7) is -0.248. The fraction of sp³-hybridized carbons (Fsp3) is 0.214. The highest BCUT2D eigenvalue weighted by Gasteiger charge is 2.14. The number of aromatic nitrogens is 2. The SMILES string of the molecule is O=C(Cc1cc(=O)[nH]c(=O)[nH]1)N[C@H](CO)c1ccccc1. The van der Waals surface area contributed by atoms with Crippen LogP contribution in [0.1, 0.15) is 17.3 Å². The maximum atomic E-state index is 11.9. The van der Waals surface area contributed by atoms with E-state index in [9.17, 15) is 19.5 Å². The Balaban J connectivity index is 2.06. The van der Waals surface area contributed by atoms with Gasteiger partial charge < -0.3 is 15.4 Å². The molecule has 0 aliphatic carbocycles. The number of aliphatic hydroxyl groups excluding tert-OH is 1. The minimum atomic E-state index is -0.660. The first-order valence-corrected chi connectivity index (χ1v) is 6.36. The summed E-state index contributed by atoms with van der Waals surface area (Å²) in [6.07, 6.45) is -0.150. The molecule has 0 saturated heterocycles. The van der Waals surface area contributed by atoms with Crippen molar-refractivity contribution in [3.05, 3.63) is 68.5 Å². The predicted octanol–water partition coefficient (Wildman–Crippen LogP) is -0.544. The van der Waals surface area contributed by atoms with Crippen LogP contribution in [0.15, 0.2) is 46.0 Å². The van der Waals surface area contributed by atoms with Gasteiger partial charge in [0.05, 0.1) is 19.1 Å². The topological polar surface area (TPSA) is 115 Å². The maximum absolute atomic E-state index is 11.9. The molecule has 110 valence electrons. The predicted molar refractivity (Wildman–Crippen MR) is 75.8 cm³/mol. The molecule has 0 aliphatic heterocycles. The summed E-state index contributed by atoms with van der Waals surface area (Å²) in [5.41, 5.74) is -0.242. The van der Waals surface area contributed by atoms with Gasteiger partial charge in [-0.05, 0) is 5.56 Å². The molecule has 0 saturated carbocycles. The molecule has 0 bridgehead atoms. The van der Waals surface area contributed by atoms with Crippen LogP contribution in [-0.4, -0.2) is 27.6 Å². The zero-order valence-electron chi connectivity index (χ0n) is 11.1. The Kier molecular flexibility index (Phi) is 4.68. The number of nitrogens with one attached hydrogen (secondary N) is 3. The van der Waals surface area contributed by atoms with Crippen LogP contribution < -0.4 is 16.6 Å². The second kappa shape index (κ2) is 6.67. The fourth-order valence-corrected chi connectivity index (χ4v) is 1.95. The number of hydrogen-bond donors (Lipinski definition) is 4. The van der Waals surface area contributed by atoms with Crippen molar-refractivity contribution in [1.82, 2.24) is 15.3 Å². The van der Waals surface area contributed by atoms with Gasteiger partial charge in [-0.3, -0.25) is 14.6 Å². The molecule has 2 aromatic rings. The van der Waals surface area contributed by atoms with Crippen LogP contribution in [0.5, 0.6) is 0 Å². The van der Waals surface area contributed by atoms with Crippen molar-refractivity contribution in [2.75, 3.05) is 6.61 Å². The van der Waals surface area contributed by atoms with Crippen molar-refractivity contribution in [3.8, 4) is 0 Å². The molecule has 0 fully saturated rings. The van der Waals surface area contributed by atoms with Gasteiger partial charge in [0.25, 0.3) is 5.56 Å². The first kappa shape index (κ1) is 14.7. The third-order valence-corrected chi connectivity index (χ3v) is 2.89. The second-order valence-electron chi connectivity index (χ2n) is 4.50. The first-order valence-electron chi connectivity index (χ1n) is 6.36. The van der Waals surface area contributed by atoms with Crippen LogP contribution in [0.3, 0.4) is 0 Å². The van der Waals surface area contributed by atoms with Crippen LogP contribution in [0.25, 0.3) is 0 Å². The van der Waals surface area contributed by atoms with E-state index in [1.807, 2.05) is 11.1 Å². The molecule has 0 spiro atoms. The van der Waals surface area contributed by atoms with Gasteiger partial charge in [-0.1, -0.05) is 30.3 Å². The summed E-state index contributed by atoms with van der Waals surface area (Å²) >= 11 is 0. The number of benzene rings is 1. The lowest BCUT2D eigenvalue weighted by molar-refractivity contribution is -0.121. The highest BCUT2D eigenvalue weighted by molar-refractivity contribution is 5.78. The number of aromatic amines is 2. The lowest BCUT2D eigenvalue weighted by Gasteiger charge is -2.16. The minimum absolute atomic E-state index is 0.150. The van der Waals surface area contributed by atoms with E-state index >= 15 is 0 Å². The van der Waals surface area contributed by atoms with Gasteiger partial charge in [-0.25, -0.2) is 4.79 Å². The third-order valence-electron chi connectivity index (χ3n) is 2.89. The highest BCUT2D eigenvalue weighted by Crippen LogP contribution is 2.11. The summed E-state index contributed by atoms with van der Waals surface area (Å²) in [7, 11) is 0. The van der Waals surface area contributed by atoms with Crippen molar-refractivity contribution in [1.29, 1.82) is 0 Å². The van der Waals surface area contributed by atoms with Gasteiger partial charge in [0.15, 0.2) is 0 Å². The molecule has 1 atom stereocenters. The number of H-pyrrole nitrogens is 2. The van der Waals surface area contributed by atoms with Crippen LogP contribution >= 0.6 is 0 Å². The zero-order chi connectivity index (χ0) is 15.2. The summed E-state index contributed by atoms with van der Waals surface area (Å²) in [5.74, 6) is -0.404. The number of rotatable bonds is 5. The van der Waals surface area contributed by atoms with E-state index in [-0.39, 0.29) is 18.7 Å². The summed E-state index contributed by atoms with van der Waals surface area (Å²) in [6, 6.07) is 9.63. The fourth-order valence-electron chi connectivity index (χ4n) is 1.95. The quantitative estimate of drug-likeness (QED) is 0.591. The molecule has 0 radical (unpaired) electrons. The van der Waals surface area contributed by atoms with Crippen molar-refractivity contribution >= 4 is 5.91 Å². The molecule has 7 heteroatoms. The van der Waals surface area contributed by atoms with Gasteiger partial charge in [0, 0.05) is 11.8 Å². The highest BCUT2D eigenvalue weighted by atomic mass is 16.3. The number of aliphatic hydroxyl groups is 1. The molecule has 7 nitrogen and oxygen atoms in total. The van der Waals surface area contributed by atoms with Crippen LogP contribution in [-0.2, 0) is 11.2 Å². The molecular formula is C14H15N3O4. The molecule has 1 heterocycles. The number of carbonyl (C=O) groups excluding carboxylic acids is 1. The number of carbonyl (C=O) groups is 1. The normalized spacial score (nSPS) is 11.9. The monoisotopic (exact) mass is 289 g/mol. The van der Waals surface area contributed by atoms with Crippen LogP contribution in [0.4, 0.5) is 0 Å². The first-order chi connectivity index (χ1) is 10.1. The van der Waals surface area contributed by atoms with Gasteiger partial charge in [0.1, 0.15) is 0 Å². The Morgan fingerprint density at radius 3 is 2.52 bits per heavy atom. The van der Waals surface area contributed by atoms with Gasteiger partial charge in [-0.15, -0.1) is 0 Å². The van der Waals surface area contributed by atoms with E-state index in [1.165, 1.54) is 0 Å². The van der Waals surface area contributed by atoms with Gasteiger partial charge >= 0.3 is 5.69 Å². The molecular weight excluding hydrogens is 274 g/mol. The lowest BCUT2D eigenvalue weighted by atomic mass is 10.1. The molecule has 21 heavy (non-hydrogen) atoms. The average molecular weight is 289 g/mol. The van der Waals surface area contributed by atoms with E-state index in [2.05, 4.69) is 10.3 Å². The number of hydrogen-bond acceptors (Lipinski definition) is 4. The van der Waals surface area contributed by atoms with Crippen LogP contribution in [0.2, 0.25) is 0 Å². The maximum Gasteiger partial charge on any atom is 0.325 e. The van der Waals surface area contributed by atoms with Crippen molar-refractivity contribution in [3.63, 3.8) is 0 Å². The minimum Gasteiger partial charge on any atom is -0.394 e. The Labute approximate surface area is 119 Å². The molecule has 1 amide bonds. The van der Waals surface area contributed by atoms with Crippen molar-refractivity contribution in [2.45, 2.75) is 12.5 Å². The zero-order valence-corrected chi connectivity index (χ0v) is 11.1. The largest absolute Gasteiger partial charge is 0.394 e. The standard InChI is InChI=1S/C14H15N3O4/c18-8-11(9-4-2-1-3-5-9)16-12(19)6-10-7-13(20)17-14(21)15-10/h1-5,7,11,18H,6,8H2,(H,16,19)(H2,15,17,20,21)/t11-/m1/s1. The van der Waals surface area contributed by atoms with E-state index in [1.54, 1.807) is 24.3 Å². The van der Waals surface area contributed by atoms with Crippen molar-refractivity contribution < 1.29 is 9.90 Å². The van der Waals surface area contributed by atoms with E-state index < -0.39 is 23.2 Å². The molecule has 4 N–H and O–H groups in total. The van der Waals surface area contributed by atoms with E-state index in [0.717, 1.165) is 11.6 Å². The Bertz CT molecular complexity index is 692. The number of amides is 1. The summed E-state index contributed by atoms with van der Waals surface area (Å²) < 4.78 is 0. The molecule has 1 aromatic carbocycles. The summed E-state index contributed by atoms with van der Waals surface area (Å²) in [4.78, 5) is 38.6. The van der Waals surface area contributed by atoms with Gasteiger partial charge in [-0.2, -0.15) is 0 Å². The summed E-state index contributed by atoms with van der Waals surface area (Å²) in [5, 5.41) is 12.0. The molecule has 1 aromatic heterocycles. The molecule has 2 rings (SSSR count). The Morgan fingerprint density at radius 2 is 1.90 bits per heavy atom. The molecule has 0 aliphatic rings. The smallest absolute Gasteiger partial charge is 0.325 e. The Morgan fingerprint density at radius 1 is 1.19 bits per heavy atom. The second-order valence-corrected chi connectivity index (χ2v) is 4.50. The van der Waals surface area contributed by atoms with Crippen LogP contribution in [0, 0.1) is 0 Å².